The van der Waals surface area contributed by atoms with Gasteiger partial charge in [0.05, 0.1) is 11.6 Å². The van der Waals surface area contributed by atoms with Gasteiger partial charge in [-0.25, -0.2) is 0 Å². The third-order valence-corrected chi connectivity index (χ3v) is 5.14. The van der Waals surface area contributed by atoms with Crippen LogP contribution in [0.3, 0.4) is 0 Å². The molecule has 0 unspecified atom stereocenters. The van der Waals surface area contributed by atoms with Crippen LogP contribution in [0.25, 0.3) is 11.1 Å². The first kappa shape index (κ1) is 19.3. The summed E-state index contributed by atoms with van der Waals surface area (Å²) in [7, 11) is 2.17. The number of benzene rings is 2. The summed E-state index contributed by atoms with van der Waals surface area (Å²) in [6.07, 6.45) is 1.64. The highest BCUT2D eigenvalue weighted by Crippen LogP contribution is 2.25. The van der Waals surface area contributed by atoms with Crippen molar-refractivity contribution >= 4 is 5.78 Å². The summed E-state index contributed by atoms with van der Waals surface area (Å²) in [4.78, 5) is 16.1. The zero-order chi connectivity index (χ0) is 19.2. The van der Waals surface area contributed by atoms with E-state index in [9.17, 15) is 10.1 Å². The van der Waals surface area contributed by atoms with E-state index in [0.29, 0.717) is 12.0 Å². The van der Waals surface area contributed by atoms with Crippen molar-refractivity contribution in [2.45, 2.75) is 26.3 Å². The SMILES string of the molecule is CC(=O)Cc1ccc(-c2ccc(CN3CCCN(C)CC3)cc2C#N)cc1. The molecule has 4 heteroatoms. The van der Waals surface area contributed by atoms with Crippen LogP contribution in [0, 0.1) is 11.3 Å². The summed E-state index contributed by atoms with van der Waals surface area (Å²) in [6.45, 7) is 6.90. The van der Waals surface area contributed by atoms with Crippen LogP contribution in [0.1, 0.15) is 30.0 Å². The normalized spacial score (nSPS) is 15.9. The molecule has 3 rings (SSSR count). The van der Waals surface area contributed by atoms with Gasteiger partial charge in [0.2, 0.25) is 0 Å². The van der Waals surface area contributed by atoms with E-state index < -0.39 is 0 Å². The highest BCUT2D eigenvalue weighted by molar-refractivity contribution is 5.78. The average molecular weight is 361 g/mol. The van der Waals surface area contributed by atoms with Crippen LogP contribution >= 0.6 is 0 Å². The largest absolute Gasteiger partial charge is 0.305 e. The Kier molecular flexibility index (Phi) is 6.39. The van der Waals surface area contributed by atoms with Gasteiger partial charge in [-0.15, -0.1) is 0 Å². The van der Waals surface area contributed by atoms with E-state index in [2.05, 4.69) is 35.0 Å². The molecule has 0 aliphatic carbocycles. The number of nitrogens with zero attached hydrogens (tertiary/aromatic N) is 3. The van der Waals surface area contributed by atoms with E-state index in [0.717, 1.165) is 49.4 Å². The maximum atomic E-state index is 11.3. The molecule has 0 bridgehead atoms. The Morgan fingerprint density at radius 1 is 1.04 bits per heavy atom. The van der Waals surface area contributed by atoms with Gasteiger partial charge in [0.25, 0.3) is 0 Å². The van der Waals surface area contributed by atoms with Crippen molar-refractivity contribution in [1.29, 1.82) is 5.26 Å². The molecule has 2 aromatic carbocycles. The minimum absolute atomic E-state index is 0.157. The zero-order valence-corrected chi connectivity index (χ0v) is 16.2. The van der Waals surface area contributed by atoms with E-state index in [1.165, 1.54) is 12.0 Å². The number of hydrogen-bond acceptors (Lipinski definition) is 4. The Morgan fingerprint density at radius 3 is 2.48 bits per heavy atom. The molecule has 0 spiro atoms. The minimum atomic E-state index is 0.157. The Hall–Kier alpha value is -2.48. The Morgan fingerprint density at radius 2 is 1.78 bits per heavy atom. The highest BCUT2D eigenvalue weighted by atomic mass is 16.1. The van der Waals surface area contributed by atoms with Gasteiger partial charge in [-0.2, -0.15) is 5.26 Å². The molecule has 0 N–H and O–H groups in total. The molecular formula is C23H27N3O. The van der Waals surface area contributed by atoms with Crippen molar-refractivity contribution in [3.63, 3.8) is 0 Å². The van der Waals surface area contributed by atoms with Gasteiger partial charge in [0.15, 0.2) is 0 Å². The maximum absolute atomic E-state index is 11.3. The summed E-state index contributed by atoms with van der Waals surface area (Å²) < 4.78 is 0. The standard InChI is InChI=1S/C23H27N3O/c1-18(27)14-19-4-7-21(8-5-19)23-9-6-20(15-22(23)16-24)17-26-11-3-10-25(2)12-13-26/h4-9,15H,3,10-14,17H2,1-2H3. The molecule has 1 aliphatic rings. The third-order valence-electron chi connectivity index (χ3n) is 5.14. The first-order valence-electron chi connectivity index (χ1n) is 9.58. The fraction of sp³-hybridized carbons (Fsp3) is 0.391. The van der Waals surface area contributed by atoms with E-state index in [-0.39, 0.29) is 5.78 Å². The van der Waals surface area contributed by atoms with Crippen LogP contribution in [-0.2, 0) is 17.8 Å². The maximum Gasteiger partial charge on any atom is 0.134 e. The smallest absolute Gasteiger partial charge is 0.134 e. The lowest BCUT2D eigenvalue weighted by Crippen LogP contribution is -2.28. The zero-order valence-electron chi connectivity index (χ0n) is 16.2. The second-order valence-corrected chi connectivity index (χ2v) is 7.50. The molecule has 27 heavy (non-hydrogen) atoms. The number of ketones is 1. The van der Waals surface area contributed by atoms with Gasteiger partial charge in [-0.05, 0) is 61.8 Å². The molecule has 1 aliphatic heterocycles. The number of likely N-dealkylation sites (N-methyl/N-ethyl adjacent to an activating group) is 1. The second kappa shape index (κ2) is 8.94. The first-order valence-corrected chi connectivity index (χ1v) is 9.58. The molecule has 0 radical (unpaired) electrons. The van der Waals surface area contributed by atoms with Gasteiger partial charge >= 0.3 is 0 Å². The first-order chi connectivity index (χ1) is 13.0. The fourth-order valence-electron chi connectivity index (χ4n) is 3.64. The predicted molar refractivity (Wildman–Crippen MR) is 108 cm³/mol. The van der Waals surface area contributed by atoms with Crippen molar-refractivity contribution < 1.29 is 4.79 Å². The molecule has 0 atom stereocenters. The summed E-state index contributed by atoms with van der Waals surface area (Å²) in [6, 6.07) is 16.5. The van der Waals surface area contributed by atoms with Crippen molar-refractivity contribution in [3.05, 3.63) is 59.2 Å². The summed E-state index contributed by atoms with van der Waals surface area (Å²) in [5, 5.41) is 9.65. The van der Waals surface area contributed by atoms with Crippen LogP contribution in [0.15, 0.2) is 42.5 Å². The van der Waals surface area contributed by atoms with E-state index in [4.69, 9.17) is 0 Å². The minimum Gasteiger partial charge on any atom is -0.305 e. The van der Waals surface area contributed by atoms with Crippen molar-refractivity contribution in [3.8, 4) is 17.2 Å². The monoisotopic (exact) mass is 361 g/mol. The van der Waals surface area contributed by atoms with Crippen LogP contribution in [0.4, 0.5) is 0 Å². The summed E-state index contributed by atoms with van der Waals surface area (Å²) >= 11 is 0. The number of hydrogen-bond donors (Lipinski definition) is 0. The molecule has 4 nitrogen and oxygen atoms in total. The highest BCUT2D eigenvalue weighted by Gasteiger charge is 2.13. The molecule has 1 fully saturated rings. The van der Waals surface area contributed by atoms with Gasteiger partial charge in [-0.3, -0.25) is 9.69 Å². The quantitative estimate of drug-likeness (QED) is 0.818. The lowest BCUT2D eigenvalue weighted by Gasteiger charge is -2.20. The molecular weight excluding hydrogens is 334 g/mol. The molecule has 2 aromatic rings. The average Bonchev–Trinajstić information content (AvgIpc) is 2.86. The van der Waals surface area contributed by atoms with E-state index >= 15 is 0 Å². The van der Waals surface area contributed by atoms with E-state index in [1.807, 2.05) is 30.3 Å². The van der Waals surface area contributed by atoms with Crippen molar-refractivity contribution in [2.75, 3.05) is 33.2 Å². The van der Waals surface area contributed by atoms with Gasteiger partial charge in [0.1, 0.15) is 5.78 Å². The molecule has 1 heterocycles. The van der Waals surface area contributed by atoms with Gasteiger partial charge < -0.3 is 4.90 Å². The molecule has 0 aromatic heterocycles. The lowest BCUT2D eigenvalue weighted by atomic mass is 9.96. The van der Waals surface area contributed by atoms with Crippen LogP contribution in [-0.4, -0.2) is 48.8 Å². The Balaban J connectivity index is 1.76. The van der Waals surface area contributed by atoms with Crippen molar-refractivity contribution in [1.82, 2.24) is 9.80 Å². The number of rotatable bonds is 5. The van der Waals surface area contributed by atoms with Crippen LogP contribution in [0.5, 0.6) is 0 Å². The summed E-state index contributed by atoms with van der Waals surface area (Å²) in [5.41, 5.74) is 4.87. The summed E-state index contributed by atoms with van der Waals surface area (Å²) in [5.74, 6) is 0.157. The van der Waals surface area contributed by atoms with Crippen molar-refractivity contribution in [2.24, 2.45) is 0 Å². The number of carbonyl (C=O) groups is 1. The number of Topliss-reactive ketones (excluding diaryl/α,β-unsaturated/α-hetero) is 1. The number of carbonyl (C=O) groups excluding carboxylic acids is 1. The Bertz CT molecular complexity index is 836. The number of nitriles is 1. The second-order valence-electron chi connectivity index (χ2n) is 7.50. The molecule has 140 valence electrons. The Labute approximate surface area is 162 Å². The van der Waals surface area contributed by atoms with E-state index in [1.54, 1.807) is 6.92 Å². The lowest BCUT2D eigenvalue weighted by molar-refractivity contribution is -0.116. The fourth-order valence-corrected chi connectivity index (χ4v) is 3.64. The van der Waals surface area contributed by atoms with Gasteiger partial charge in [0, 0.05) is 26.1 Å². The van der Waals surface area contributed by atoms with Crippen LogP contribution < -0.4 is 0 Å². The topological polar surface area (TPSA) is 47.3 Å². The van der Waals surface area contributed by atoms with Crippen LogP contribution in [0.2, 0.25) is 0 Å². The molecule has 0 saturated carbocycles. The molecule has 1 saturated heterocycles. The van der Waals surface area contributed by atoms with Gasteiger partial charge in [-0.1, -0.05) is 36.4 Å². The molecule has 0 amide bonds. The predicted octanol–water partition coefficient (Wildman–Crippen LogP) is 3.49. The third kappa shape index (κ3) is 5.26.